The second kappa shape index (κ2) is 5.46. The molecule has 1 aromatic rings. The Morgan fingerprint density at radius 1 is 1.33 bits per heavy atom. The van der Waals surface area contributed by atoms with Gasteiger partial charge >= 0.3 is 0 Å². The minimum atomic E-state index is -0.144. The van der Waals surface area contributed by atoms with Gasteiger partial charge in [0.2, 0.25) is 0 Å². The Bertz CT molecular complexity index is 437. The van der Waals surface area contributed by atoms with Crippen molar-refractivity contribution in [1.29, 1.82) is 0 Å². The molecule has 1 heterocycles. The van der Waals surface area contributed by atoms with E-state index in [0.29, 0.717) is 5.69 Å². The van der Waals surface area contributed by atoms with E-state index in [1.54, 1.807) is 17.8 Å². The molecule has 0 aromatic carbocycles. The zero-order chi connectivity index (χ0) is 13.1. The molecule has 0 amide bonds. The Morgan fingerprint density at radius 2 is 2.00 bits per heavy atom. The molecule has 18 heavy (non-hydrogen) atoms. The lowest BCUT2D eigenvalue weighted by molar-refractivity contribution is -0.122. The van der Waals surface area contributed by atoms with Gasteiger partial charge in [0, 0.05) is 18.7 Å². The smallest absolute Gasteiger partial charge is 0.190 e. The number of hydrogen-bond donors (Lipinski definition) is 0. The summed E-state index contributed by atoms with van der Waals surface area (Å²) in [5.74, 6) is 0.0600. The molecular formula is C14H20N2O2. The average Bonchev–Trinajstić information content (AvgIpc) is 2.71. The van der Waals surface area contributed by atoms with Crippen LogP contribution in [0.15, 0.2) is 6.07 Å². The fourth-order valence-electron chi connectivity index (χ4n) is 2.51. The highest BCUT2D eigenvalue weighted by atomic mass is 16.1. The molecule has 0 spiro atoms. The molecule has 4 heteroatoms. The van der Waals surface area contributed by atoms with Crippen molar-refractivity contribution in [2.45, 2.75) is 45.4 Å². The largest absolute Gasteiger partial charge is 0.299 e. The molecule has 0 atom stereocenters. The van der Waals surface area contributed by atoms with Gasteiger partial charge in [-0.25, -0.2) is 0 Å². The molecule has 1 aliphatic carbocycles. The van der Waals surface area contributed by atoms with Crippen molar-refractivity contribution in [3.05, 3.63) is 17.5 Å². The Morgan fingerprint density at radius 3 is 2.56 bits per heavy atom. The van der Waals surface area contributed by atoms with Crippen LogP contribution in [0.4, 0.5) is 0 Å². The Balaban J connectivity index is 1.96. The molecule has 0 saturated heterocycles. The van der Waals surface area contributed by atoms with Crippen molar-refractivity contribution in [3.63, 3.8) is 0 Å². The summed E-state index contributed by atoms with van der Waals surface area (Å²) in [6.45, 7) is 1.90. The second-order valence-electron chi connectivity index (χ2n) is 5.20. The van der Waals surface area contributed by atoms with Crippen molar-refractivity contribution >= 4 is 11.6 Å². The number of aryl methyl sites for hydroxylation is 2. The topological polar surface area (TPSA) is 52.0 Å². The molecule has 1 saturated carbocycles. The van der Waals surface area contributed by atoms with Crippen LogP contribution in [0.1, 0.15) is 54.7 Å². The number of nitrogens with zero attached hydrogens (tertiary/aromatic N) is 2. The van der Waals surface area contributed by atoms with Crippen LogP contribution in [-0.4, -0.2) is 21.3 Å². The molecule has 0 unspecified atom stereocenters. The van der Waals surface area contributed by atoms with Gasteiger partial charge in [-0.15, -0.1) is 0 Å². The zero-order valence-corrected chi connectivity index (χ0v) is 11.1. The first-order chi connectivity index (χ1) is 8.58. The van der Waals surface area contributed by atoms with Gasteiger partial charge in [-0.05, 0) is 25.8 Å². The van der Waals surface area contributed by atoms with Crippen molar-refractivity contribution in [1.82, 2.24) is 9.78 Å². The lowest BCUT2D eigenvalue weighted by atomic mass is 9.84. The Labute approximate surface area is 107 Å². The summed E-state index contributed by atoms with van der Waals surface area (Å²) in [5, 5.41) is 4.12. The van der Waals surface area contributed by atoms with Gasteiger partial charge in [-0.2, -0.15) is 5.10 Å². The first-order valence-corrected chi connectivity index (χ1v) is 6.64. The summed E-state index contributed by atoms with van der Waals surface area (Å²) >= 11 is 0. The van der Waals surface area contributed by atoms with Crippen molar-refractivity contribution in [2.24, 2.45) is 13.0 Å². The molecule has 0 bridgehead atoms. The summed E-state index contributed by atoms with van der Waals surface area (Å²) in [6, 6.07) is 1.75. The van der Waals surface area contributed by atoms with Gasteiger partial charge < -0.3 is 0 Å². The summed E-state index contributed by atoms with van der Waals surface area (Å²) in [7, 11) is 1.80. The summed E-state index contributed by atoms with van der Waals surface area (Å²) in [4.78, 5) is 24.0. The first-order valence-electron chi connectivity index (χ1n) is 6.64. The third kappa shape index (κ3) is 2.86. The number of ketones is 2. The van der Waals surface area contributed by atoms with E-state index in [1.165, 1.54) is 6.42 Å². The predicted molar refractivity (Wildman–Crippen MR) is 68.5 cm³/mol. The van der Waals surface area contributed by atoms with E-state index in [9.17, 15) is 9.59 Å². The maximum absolute atomic E-state index is 12.0. The lowest BCUT2D eigenvalue weighted by Gasteiger charge is -2.19. The van der Waals surface area contributed by atoms with Gasteiger partial charge in [0.1, 0.15) is 11.5 Å². The van der Waals surface area contributed by atoms with Crippen LogP contribution in [-0.2, 0) is 11.8 Å². The molecule has 0 aliphatic heterocycles. The average molecular weight is 248 g/mol. The van der Waals surface area contributed by atoms with Gasteiger partial charge in [0.25, 0.3) is 0 Å². The van der Waals surface area contributed by atoms with Gasteiger partial charge in [0.05, 0.1) is 6.42 Å². The highest BCUT2D eigenvalue weighted by molar-refractivity contribution is 6.07. The third-order valence-electron chi connectivity index (χ3n) is 3.79. The van der Waals surface area contributed by atoms with Crippen molar-refractivity contribution < 1.29 is 9.59 Å². The number of aromatic nitrogens is 2. The molecule has 1 aromatic heterocycles. The predicted octanol–water partition coefficient (Wildman–Crippen LogP) is 2.45. The van der Waals surface area contributed by atoms with E-state index < -0.39 is 0 Å². The maximum Gasteiger partial charge on any atom is 0.190 e. The van der Waals surface area contributed by atoms with Crippen LogP contribution < -0.4 is 0 Å². The quantitative estimate of drug-likeness (QED) is 0.607. The Hall–Kier alpha value is -1.45. The van der Waals surface area contributed by atoms with E-state index in [1.807, 2.05) is 6.92 Å². The minimum Gasteiger partial charge on any atom is -0.299 e. The molecule has 4 nitrogen and oxygen atoms in total. The van der Waals surface area contributed by atoms with E-state index in [0.717, 1.165) is 31.4 Å². The number of Topliss-reactive ketones (excluding diaryl/α,β-unsaturated/α-hetero) is 2. The summed E-state index contributed by atoms with van der Waals surface area (Å²) < 4.78 is 1.66. The van der Waals surface area contributed by atoms with E-state index >= 15 is 0 Å². The molecule has 1 aliphatic rings. The maximum atomic E-state index is 12.0. The SMILES string of the molecule is Cc1cc(C(=O)CC(=O)C2CCCCC2)nn1C. The van der Waals surface area contributed by atoms with Gasteiger partial charge in [0.15, 0.2) is 5.78 Å². The number of rotatable bonds is 4. The summed E-state index contributed by atoms with van der Waals surface area (Å²) in [6.07, 6.45) is 5.37. The van der Waals surface area contributed by atoms with Gasteiger partial charge in [-0.1, -0.05) is 19.3 Å². The minimum absolute atomic E-state index is 0.0150. The monoisotopic (exact) mass is 248 g/mol. The van der Waals surface area contributed by atoms with Crippen molar-refractivity contribution in [3.8, 4) is 0 Å². The fourth-order valence-corrected chi connectivity index (χ4v) is 2.51. The van der Waals surface area contributed by atoms with Crippen LogP contribution in [0.25, 0.3) is 0 Å². The molecule has 0 radical (unpaired) electrons. The fraction of sp³-hybridized carbons (Fsp3) is 0.643. The van der Waals surface area contributed by atoms with Crippen LogP contribution in [0.2, 0.25) is 0 Å². The first kappa shape index (κ1) is 13.0. The Kier molecular flexibility index (Phi) is 3.94. The standard InChI is InChI=1S/C14H20N2O2/c1-10-8-12(15-16(10)2)14(18)9-13(17)11-6-4-3-5-7-11/h8,11H,3-7,9H2,1-2H3. The summed E-state index contributed by atoms with van der Waals surface area (Å²) in [5.41, 5.74) is 1.35. The van der Waals surface area contributed by atoms with E-state index in [4.69, 9.17) is 0 Å². The lowest BCUT2D eigenvalue weighted by Crippen LogP contribution is -2.20. The molecular weight excluding hydrogens is 228 g/mol. The molecule has 1 fully saturated rings. The number of hydrogen-bond acceptors (Lipinski definition) is 3. The zero-order valence-electron chi connectivity index (χ0n) is 11.1. The molecule has 0 N–H and O–H groups in total. The van der Waals surface area contributed by atoms with Gasteiger partial charge in [-0.3, -0.25) is 14.3 Å². The van der Waals surface area contributed by atoms with E-state index in [2.05, 4.69) is 5.10 Å². The van der Waals surface area contributed by atoms with Crippen LogP contribution in [0.5, 0.6) is 0 Å². The second-order valence-corrected chi connectivity index (χ2v) is 5.20. The highest BCUT2D eigenvalue weighted by Gasteiger charge is 2.24. The van der Waals surface area contributed by atoms with Crippen LogP contribution in [0, 0.1) is 12.8 Å². The number of carbonyl (C=O) groups is 2. The normalized spacial score (nSPS) is 16.8. The highest BCUT2D eigenvalue weighted by Crippen LogP contribution is 2.25. The third-order valence-corrected chi connectivity index (χ3v) is 3.79. The van der Waals surface area contributed by atoms with Crippen LogP contribution >= 0.6 is 0 Å². The molecule has 2 rings (SSSR count). The van der Waals surface area contributed by atoms with E-state index in [-0.39, 0.29) is 23.9 Å². The van der Waals surface area contributed by atoms with Crippen molar-refractivity contribution in [2.75, 3.05) is 0 Å². The molecule has 98 valence electrons. The van der Waals surface area contributed by atoms with Crippen LogP contribution in [0.3, 0.4) is 0 Å². The number of carbonyl (C=O) groups excluding carboxylic acids is 2.